The van der Waals surface area contributed by atoms with Gasteiger partial charge in [0.2, 0.25) is 5.76 Å². The highest BCUT2D eigenvalue weighted by molar-refractivity contribution is 5.94. The minimum Gasteiger partial charge on any atom is -0.494 e. The maximum Gasteiger partial charge on any atom is 0.371 e. The topological polar surface area (TPSA) is 88.8 Å². The van der Waals surface area contributed by atoms with Crippen molar-refractivity contribution in [2.45, 2.75) is 6.54 Å². The fourth-order valence-corrected chi connectivity index (χ4v) is 1.66. The number of methoxy groups -OCH3 is 1. The van der Waals surface area contributed by atoms with E-state index >= 15 is 0 Å². The van der Waals surface area contributed by atoms with Gasteiger partial charge in [-0.1, -0.05) is 0 Å². The van der Waals surface area contributed by atoms with E-state index in [4.69, 9.17) is 14.3 Å². The lowest BCUT2D eigenvalue weighted by Crippen LogP contribution is -2.22. The molecule has 0 atom stereocenters. The predicted octanol–water partition coefficient (Wildman–Crippen LogP) is 2.06. The maximum atomic E-state index is 13.2. The number of carboxylic acids is 1. The molecule has 21 heavy (non-hydrogen) atoms. The quantitative estimate of drug-likeness (QED) is 0.880. The number of carbonyl (C=O) groups is 2. The standard InChI is InChI=1S/C14H12FNO5/c1-20-12-6-8(2-4-10(12)15)13(17)16-7-9-3-5-11(21-9)14(18)19/h2-6H,7H2,1H3,(H,16,17)(H,18,19). The molecule has 1 heterocycles. The Kier molecular flexibility index (Phi) is 4.22. The number of hydrogen-bond donors (Lipinski definition) is 2. The summed E-state index contributed by atoms with van der Waals surface area (Å²) in [7, 11) is 1.30. The molecule has 0 aliphatic heterocycles. The number of halogens is 1. The second-order valence-corrected chi connectivity index (χ2v) is 4.10. The molecule has 0 saturated heterocycles. The molecule has 6 nitrogen and oxygen atoms in total. The highest BCUT2D eigenvalue weighted by atomic mass is 19.1. The number of carboxylic acid groups (broad SMARTS) is 1. The van der Waals surface area contributed by atoms with E-state index in [1.807, 2.05) is 0 Å². The van der Waals surface area contributed by atoms with Crippen molar-refractivity contribution in [2.24, 2.45) is 0 Å². The van der Waals surface area contributed by atoms with Crippen LogP contribution >= 0.6 is 0 Å². The third-order valence-corrected chi connectivity index (χ3v) is 2.71. The summed E-state index contributed by atoms with van der Waals surface area (Å²) in [6.07, 6.45) is 0. The molecule has 0 saturated carbocycles. The van der Waals surface area contributed by atoms with Crippen molar-refractivity contribution in [3.63, 3.8) is 0 Å². The van der Waals surface area contributed by atoms with Gasteiger partial charge in [0.05, 0.1) is 13.7 Å². The van der Waals surface area contributed by atoms with Crippen molar-refractivity contribution < 1.29 is 28.2 Å². The number of furan rings is 1. The zero-order chi connectivity index (χ0) is 15.4. The number of rotatable bonds is 5. The average Bonchev–Trinajstić information content (AvgIpc) is 2.94. The summed E-state index contributed by atoms with van der Waals surface area (Å²) in [5.74, 6) is -2.14. The van der Waals surface area contributed by atoms with E-state index in [0.29, 0.717) is 5.76 Å². The van der Waals surface area contributed by atoms with Crippen LogP contribution in [0.15, 0.2) is 34.7 Å². The average molecular weight is 293 g/mol. The van der Waals surface area contributed by atoms with Crippen LogP contribution in [0.2, 0.25) is 0 Å². The second kappa shape index (κ2) is 6.08. The molecule has 0 fully saturated rings. The van der Waals surface area contributed by atoms with E-state index in [9.17, 15) is 14.0 Å². The van der Waals surface area contributed by atoms with Gasteiger partial charge < -0.3 is 19.6 Å². The lowest BCUT2D eigenvalue weighted by Gasteiger charge is -2.06. The van der Waals surface area contributed by atoms with Gasteiger partial charge in [0.25, 0.3) is 5.91 Å². The number of amides is 1. The zero-order valence-corrected chi connectivity index (χ0v) is 11.1. The number of nitrogens with one attached hydrogen (secondary N) is 1. The van der Waals surface area contributed by atoms with E-state index in [0.717, 1.165) is 6.07 Å². The van der Waals surface area contributed by atoms with Crippen molar-refractivity contribution in [1.82, 2.24) is 5.32 Å². The SMILES string of the molecule is COc1cc(C(=O)NCc2ccc(C(=O)O)o2)ccc1F. The van der Waals surface area contributed by atoms with E-state index in [2.05, 4.69) is 5.32 Å². The van der Waals surface area contributed by atoms with Gasteiger partial charge in [-0.15, -0.1) is 0 Å². The Hall–Kier alpha value is -2.83. The van der Waals surface area contributed by atoms with Crippen LogP contribution in [0.3, 0.4) is 0 Å². The number of carbonyl (C=O) groups excluding carboxylic acids is 1. The smallest absolute Gasteiger partial charge is 0.371 e. The summed E-state index contributed by atoms with van der Waals surface area (Å²) in [5.41, 5.74) is 0.221. The van der Waals surface area contributed by atoms with Crippen molar-refractivity contribution in [3.05, 3.63) is 53.2 Å². The molecule has 2 aromatic rings. The molecule has 0 unspecified atom stereocenters. The summed E-state index contributed by atoms with van der Waals surface area (Å²) in [6, 6.07) is 6.47. The Bertz CT molecular complexity index is 680. The molecule has 0 bridgehead atoms. The minimum absolute atomic E-state index is 0.0196. The minimum atomic E-state index is -1.18. The lowest BCUT2D eigenvalue weighted by atomic mass is 10.2. The zero-order valence-electron chi connectivity index (χ0n) is 11.1. The predicted molar refractivity (Wildman–Crippen MR) is 69.8 cm³/mol. The van der Waals surface area contributed by atoms with Gasteiger partial charge in [0, 0.05) is 5.56 Å². The Morgan fingerprint density at radius 2 is 2.10 bits per heavy atom. The molecule has 0 radical (unpaired) electrons. The summed E-state index contributed by atoms with van der Waals surface area (Å²) >= 11 is 0. The molecule has 2 rings (SSSR count). The van der Waals surface area contributed by atoms with Crippen LogP contribution in [0.4, 0.5) is 4.39 Å². The van der Waals surface area contributed by atoms with Crippen LogP contribution in [-0.4, -0.2) is 24.1 Å². The largest absolute Gasteiger partial charge is 0.494 e. The molecule has 0 spiro atoms. The van der Waals surface area contributed by atoms with Gasteiger partial charge in [-0.3, -0.25) is 4.79 Å². The first-order chi connectivity index (χ1) is 10.0. The van der Waals surface area contributed by atoms with Gasteiger partial charge in [-0.25, -0.2) is 9.18 Å². The molecule has 1 amide bonds. The van der Waals surface area contributed by atoms with Crippen molar-refractivity contribution >= 4 is 11.9 Å². The van der Waals surface area contributed by atoms with Gasteiger partial charge in [-0.2, -0.15) is 0 Å². The van der Waals surface area contributed by atoms with Gasteiger partial charge >= 0.3 is 5.97 Å². The third-order valence-electron chi connectivity index (χ3n) is 2.71. The molecule has 1 aromatic heterocycles. The van der Waals surface area contributed by atoms with Crippen LogP contribution in [-0.2, 0) is 6.54 Å². The lowest BCUT2D eigenvalue weighted by molar-refractivity contribution is 0.0660. The summed E-state index contributed by atoms with van der Waals surface area (Å²) in [4.78, 5) is 22.5. The first-order valence-corrected chi connectivity index (χ1v) is 5.95. The fraction of sp³-hybridized carbons (Fsp3) is 0.143. The molecule has 7 heteroatoms. The molecular weight excluding hydrogens is 281 g/mol. The van der Waals surface area contributed by atoms with E-state index in [1.54, 1.807) is 0 Å². The number of ether oxygens (including phenoxy) is 1. The number of aromatic carboxylic acids is 1. The van der Waals surface area contributed by atoms with Gasteiger partial charge in [0.1, 0.15) is 5.76 Å². The summed E-state index contributed by atoms with van der Waals surface area (Å²) < 4.78 is 23.0. The van der Waals surface area contributed by atoms with E-state index < -0.39 is 17.7 Å². The monoisotopic (exact) mass is 293 g/mol. The van der Waals surface area contributed by atoms with Crippen LogP contribution in [0.1, 0.15) is 26.7 Å². The van der Waals surface area contributed by atoms with Crippen LogP contribution in [0.25, 0.3) is 0 Å². The number of benzene rings is 1. The Morgan fingerprint density at radius 1 is 1.33 bits per heavy atom. The van der Waals surface area contributed by atoms with Crippen LogP contribution < -0.4 is 10.1 Å². The van der Waals surface area contributed by atoms with Crippen LogP contribution in [0, 0.1) is 5.82 Å². The maximum absolute atomic E-state index is 13.2. The Labute approximate surface area is 119 Å². The first-order valence-electron chi connectivity index (χ1n) is 5.95. The van der Waals surface area contributed by atoms with E-state index in [1.165, 1.54) is 31.4 Å². The van der Waals surface area contributed by atoms with Crippen molar-refractivity contribution in [1.29, 1.82) is 0 Å². The Morgan fingerprint density at radius 3 is 2.71 bits per heavy atom. The molecule has 0 aliphatic carbocycles. The molecule has 2 N–H and O–H groups in total. The third kappa shape index (κ3) is 3.38. The molecule has 1 aromatic carbocycles. The Balaban J connectivity index is 2.02. The summed E-state index contributed by atoms with van der Waals surface area (Å²) in [5, 5.41) is 11.2. The number of hydrogen-bond acceptors (Lipinski definition) is 4. The van der Waals surface area contributed by atoms with Crippen molar-refractivity contribution in [2.75, 3.05) is 7.11 Å². The molecular formula is C14H12FNO5. The first kappa shape index (κ1) is 14.6. The van der Waals surface area contributed by atoms with Crippen LogP contribution in [0.5, 0.6) is 5.75 Å². The van der Waals surface area contributed by atoms with Gasteiger partial charge in [0.15, 0.2) is 11.6 Å². The highest BCUT2D eigenvalue weighted by Crippen LogP contribution is 2.18. The molecule has 0 aliphatic rings. The summed E-state index contributed by atoms with van der Waals surface area (Å²) in [6.45, 7) is 0.0196. The normalized spacial score (nSPS) is 10.2. The van der Waals surface area contributed by atoms with Crippen molar-refractivity contribution in [3.8, 4) is 5.75 Å². The van der Waals surface area contributed by atoms with E-state index in [-0.39, 0.29) is 23.6 Å². The fourth-order valence-electron chi connectivity index (χ4n) is 1.66. The van der Waals surface area contributed by atoms with Gasteiger partial charge in [-0.05, 0) is 30.3 Å². The highest BCUT2D eigenvalue weighted by Gasteiger charge is 2.12. The second-order valence-electron chi connectivity index (χ2n) is 4.10. The molecule has 110 valence electrons.